The summed E-state index contributed by atoms with van der Waals surface area (Å²) < 4.78 is 6.21. The monoisotopic (exact) mass is 448 g/mol. The molecular weight excluding hydrogens is 428 g/mol. The molecule has 2 amide bonds. The van der Waals surface area contributed by atoms with E-state index in [0.717, 1.165) is 15.8 Å². The zero-order valence-corrected chi connectivity index (χ0v) is 18.0. The van der Waals surface area contributed by atoms with E-state index >= 15 is 0 Å². The number of nitrogens with one attached hydrogen (secondary N) is 2. The molecule has 0 spiro atoms. The van der Waals surface area contributed by atoms with Gasteiger partial charge in [0.25, 0.3) is 11.8 Å². The molecule has 162 valence electrons. The van der Waals surface area contributed by atoms with Gasteiger partial charge in [-0.1, -0.05) is 41.7 Å². The van der Waals surface area contributed by atoms with Crippen molar-refractivity contribution in [1.29, 1.82) is 0 Å². The zero-order valence-electron chi connectivity index (χ0n) is 17.2. The van der Waals surface area contributed by atoms with E-state index in [1.54, 1.807) is 30.5 Å². The van der Waals surface area contributed by atoms with Crippen LogP contribution in [0.4, 0.5) is 5.13 Å². The summed E-state index contributed by atoms with van der Waals surface area (Å²) in [5.41, 5.74) is 3.25. The lowest BCUT2D eigenvalue weighted by molar-refractivity contribution is 0.0943. The summed E-state index contributed by atoms with van der Waals surface area (Å²) in [5.74, 6) is -0.278. The number of carbonyl (C=O) groups excluding carboxylic acids is 2. The van der Waals surface area contributed by atoms with Gasteiger partial charge in [-0.05, 0) is 29.8 Å². The lowest BCUT2D eigenvalue weighted by Gasteiger charge is -2.05. The Morgan fingerprint density at radius 3 is 2.38 bits per heavy atom. The second kappa shape index (κ2) is 9.54. The smallest absolute Gasteiger partial charge is 0.257 e. The molecule has 32 heavy (non-hydrogen) atoms. The molecule has 2 heterocycles. The lowest BCUT2D eigenvalue weighted by Crippen LogP contribution is -2.26. The highest BCUT2D eigenvalue weighted by atomic mass is 32.1. The highest BCUT2D eigenvalue weighted by Gasteiger charge is 2.17. The Morgan fingerprint density at radius 1 is 1.03 bits per heavy atom. The Hall–Kier alpha value is -3.82. The number of hydrogen-bond acceptors (Lipinski definition) is 7. The van der Waals surface area contributed by atoms with Gasteiger partial charge >= 0.3 is 0 Å². The van der Waals surface area contributed by atoms with Crippen molar-refractivity contribution in [2.45, 2.75) is 0 Å². The summed E-state index contributed by atoms with van der Waals surface area (Å²) in [6, 6.07) is 16.0. The average molecular weight is 449 g/mol. The Labute approximate surface area is 187 Å². The number of fused-ring (bicyclic) bond motifs is 1. The van der Waals surface area contributed by atoms with Gasteiger partial charge < -0.3 is 15.2 Å². The van der Waals surface area contributed by atoms with E-state index in [1.807, 2.05) is 30.3 Å². The highest BCUT2D eigenvalue weighted by molar-refractivity contribution is 7.23. The van der Waals surface area contributed by atoms with E-state index in [2.05, 4.69) is 20.6 Å². The molecule has 4 aromatic rings. The van der Waals surface area contributed by atoms with Gasteiger partial charge in [0, 0.05) is 29.4 Å². The normalized spacial score (nSPS) is 10.7. The van der Waals surface area contributed by atoms with Crippen LogP contribution in [0, 0.1) is 0 Å². The van der Waals surface area contributed by atoms with Gasteiger partial charge in [-0.25, -0.2) is 9.97 Å². The first kappa shape index (κ1) is 21.4. The van der Waals surface area contributed by atoms with Crippen molar-refractivity contribution in [3.8, 4) is 17.0 Å². The maximum Gasteiger partial charge on any atom is 0.257 e. The number of nitrogens with zero attached hydrogens (tertiary/aromatic N) is 2. The maximum atomic E-state index is 12.7. The molecule has 0 unspecified atom stereocenters. The fraction of sp³-hybridized carbons (Fsp3) is 0.130. The van der Waals surface area contributed by atoms with Crippen LogP contribution in [0.15, 0.2) is 60.8 Å². The number of rotatable bonds is 7. The molecule has 0 aliphatic carbocycles. The van der Waals surface area contributed by atoms with Crippen LogP contribution < -0.4 is 15.4 Å². The molecule has 0 saturated carbocycles. The number of ether oxygens (including phenoxy) is 1. The quantitative estimate of drug-likeness (QED) is 0.400. The summed E-state index contributed by atoms with van der Waals surface area (Å²) in [5, 5.41) is 14.6. The lowest BCUT2D eigenvalue weighted by atomic mass is 10.1. The maximum absolute atomic E-state index is 12.7. The first-order valence-electron chi connectivity index (χ1n) is 9.80. The molecule has 4 rings (SSSR count). The average Bonchev–Trinajstić information content (AvgIpc) is 3.26. The minimum atomic E-state index is -0.348. The third kappa shape index (κ3) is 4.43. The Kier molecular flexibility index (Phi) is 6.39. The van der Waals surface area contributed by atoms with E-state index in [9.17, 15) is 9.59 Å². The predicted molar refractivity (Wildman–Crippen MR) is 123 cm³/mol. The van der Waals surface area contributed by atoms with Crippen molar-refractivity contribution >= 4 is 38.5 Å². The second-order valence-corrected chi connectivity index (χ2v) is 7.75. The second-order valence-electron chi connectivity index (χ2n) is 6.75. The van der Waals surface area contributed by atoms with E-state index in [4.69, 9.17) is 9.84 Å². The third-order valence-electron chi connectivity index (χ3n) is 4.69. The number of aliphatic hydroxyl groups excluding tert-OH is 1. The number of methoxy groups -OCH3 is 1. The van der Waals surface area contributed by atoms with Crippen molar-refractivity contribution < 1.29 is 19.4 Å². The molecule has 0 fully saturated rings. The molecule has 2 aromatic carbocycles. The van der Waals surface area contributed by atoms with Crippen LogP contribution in [0.5, 0.6) is 5.88 Å². The van der Waals surface area contributed by atoms with Gasteiger partial charge in [0.1, 0.15) is 5.52 Å². The summed E-state index contributed by atoms with van der Waals surface area (Å²) in [6.45, 7) is 0.0304. The molecule has 0 saturated heterocycles. The summed E-state index contributed by atoms with van der Waals surface area (Å²) in [6.07, 6.45) is 1.74. The summed E-state index contributed by atoms with van der Waals surface area (Å²) in [4.78, 5) is 33.5. The topological polar surface area (TPSA) is 113 Å². The van der Waals surface area contributed by atoms with Crippen molar-refractivity contribution in [3.63, 3.8) is 0 Å². The first-order chi connectivity index (χ1) is 15.6. The number of anilines is 1. The van der Waals surface area contributed by atoms with Gasteiger partial charge in [0.05, 0.1) is 18.4 Å². The Balaban J connectivity index is 1.59. The van der Waals surface area contributed by atoms with Crippen LogP contribution in [0.25, 0.3) is 21.3 Å². The molecule has 2 aromatic heterocycles. The predicted octanol–water partition coefficient (Wildman–Crippen LogP) is 3.34. The number of benzene rings is 2. The number of hydrogen-bond donors (Lipinski definition) is 3. The molecule has 9 heteroatoms. The largest absolute Gasteiger partial charge is 0.479 e. The first-order valence-corrected chi connectivity index (χ1v) is 10.6. The van der Waals surface area contributed by atoms with Crippen LogP contribution in [-0.4, -0.2) is 47.2 Å². The summed E-state index contributed by atoms with van der Waals surface area (Å²) >= 11 is 1.34. The van der Waals surface area contributed by atoms with Gasteiger partial charge in [0.15, 0.2) is 5.13 Å². The van der Waals surface area contributed by atoms with Crippen LogP contribution in [-0.2, 0) is 0 Å². The molecule has 8 nitrogen and oxygen atoms in total. The van der Waals surface area contributed by atoms with Crippen molar-refractivity contribution in [1.82, 2.24) is 15.3 Å². The fourth-order valence-electron chi connectivity index (χ4n) is 3.13. The highest BCUT2D eigenvalue weighted by Crippen LogP contribution is 2.38. The standard InChI is InChI=1S/C23H20N4O4S/c1-31-22-18-19(17(13-25-22)14-5-3-2-4-6-14)32-23(26-18)27-21(30)16-9-7-15(8-10-16)20(29)24-11-12-28/h2-10,13,28H,11-12H2,1H3,(H,24,29)(H,26,27,30). The molecule has 0 bridgehead atoms. The molecule has 0 radical (unpaired) electrons. The molecule has 0 aliphatic heterocycles. The molecular formula is C23H20N4O4S. The van der Waals surface area contributed by atoms with Crippen LogP contribution in [0.3, 0.4) is 0 Å². The number of carbonyl (C=O) groups is 2. The van der Waals surface area contributed by atoms with Crippen molar-refractivity contribution in [2.24, 2.45) is 0 Å². The molecule has 0 atom stereocenters. The van der Waals surface area contributed by atoms with Gasteiger partial charge in [-0.2, -0.15) is 0 Å². The Morgan fingerprint density at radius 2 is 1.72 bits per heavy atom. The fourth-order valence-corrected chi connectivity index (χ4v) is 4.11. The number of pyridine rings is 1. The SMILES string of the molecule is COc1ncc(-c2ccccc2)c2sc(NC(=O)c3ccc(C(=O)NCCO)cc3)nc12. The van der Waals surface area contributed by atoms with E-state index in [1.165, 1.54) is 18.4 Å². The van der Waals surface area contributed by atoms with Crippen LogP contribution >= 0.6 is 11.3 Å². The van der Waals surface area contributed by atoms with Gasteiger partial charge in [0.2, 0.25) is 5.88 Å². The molecule has 0 aliphatic rings. The minimum absolute atomic E-state index is 0.138. The van der Waals surface area contributed by atoms with Gasteiger partial charge in [-0.15, -0.1) is 0 Å². The number of amides is 2. The van der Waals surface area contributed by atoms with E-state index < -0.39 is 0 Å². The van der Waals surface area contributed by atoms with E-state index in [0.29, 0.717) is 27.7 Å². The van der Waals surface area contributed by atoms with Crippen LogP contribution in [0.1, 0.15) is 20.7 Å². The van der Waals surface area contributed by atoms with Crippen molar-refractivity contribution in [2.75, 3.05) is 25.6 Å². The zero-order chi connectivity index (χ0) is 22.5. The Bertz CT molecular complexity index is 1260. The number of aromatic nitrogens is 2. The van der Waals surface area contributed by atoms with E-state index in [-0.39, 0.29) is 25.0 Å². The number of thiazole rings is 1. The minimum Gasteiger partial charge on any atom is -0.479 e. The van der Waals surface area contributed by atoms with Crippen molar-refractivity contribution in [3.05, 3.63) is 71.9 Å². The van der Waals surface area contributed by atoms with Gasteiger partial charge in [-0.3, -0.25) is 14.9 Å². The third-order valence-corrected chi connectivity index (χ3v) is 5.69. The number of aliphatic hydroxyl groups is 1. The van der Waals surface area contributed by atoms with Crippen LogP contribution in [0.2, 0.25) is 0 Å². The molecule has 3 N–H and O–H groups in total. The summed E-state index contributed by atoms with van der Waals surface area (Å²) in [7, 11) is 1.53.